The second-order valence-corrected chi connectivity index (χ2v) is 4.77. The average Bonchev–Trinajstić information content (AvgIpc) is 2.43. The van der Waals surface area contributed by atoms with Gasteiger partial charge in [-0.25, -0.2) is 0 Å². The van der Waals surface area contributed by atoms with Gasteiger partial charge in [-0.3, -0.25) is 4.79 Å². The third-order valence-electron chi connectivity index (χ3n) is 2.81. The first-order valence-electron chi connectivity index (χ1n) is 6.01. The lowest BCUT2D eigenvalue weighted by molar-refractivity contribution is -0.148. The van der Waals surface area contributed by atoms with Crippen molar-refractivity contribution >= 4 is 5.97 Å². The SMILES string of the molecule is CC(CO)(CO)COC(=O)CCc1ccccc1. The summed E-state index contributed by atoms with van der Waals surface area (Å²) in [4.78, 5) is 11.5. The highest BCUT2D eigenvalue weighted by Gasteiger charge is 2.24. The summed E-state index contributed by atoms with van der Waals surface area (Å²) in [5, 5.41) is 18.1. The monoisotopic (exact) mass is 252 g/mol. The maximum Gasteiger partial charge on any atom is 0.306 e. The van der Waals surface area contributed by atoms with Gasteiger partial charge >= 0.3 is 5.97 Å². The molecule has 0 aromatic heterocycles. The second-order valence-electron chi connectivity index (χ2n) is 4.77. The molecule has 2 N–H and O–H groups in total. The maximum atomic E-state index is 11.5. The molecule has 4 nitrogen and oxygen atoms in total. The van der Waals surface area contributed by atoms with E-state index < -0.39 is 5.41 Å². The van der Waals surface area contributed by atoms with E-state index in [0.29, 0.717) is 12.8 Å². The molecule has 0 bridgehead atoms. The van der Waals surface area contributed by atoms with Crippen molar-refractivity contribution in [1.82, 2.24) is 0 Å². The molecule has 18 heavy (non-hydrogen) atoms. The van der Waals surface area contributed by atoms with Gasteiger partial charge in [-0.1, -0.05) is 37.3 Å². The Bertz CT molecular complexity index is 357. The number of aliphatic hydroxyl groups is 2. The summed E-state index contributed by atoms with van der Waals surface area (Å²) >= 11 is 0. The van der Waals surface area contributed by atoms with Crippen LogP contribution in [-0.4, -0.2) is 36.0 Å². The van der Waals surface area contributed by atoms with Crippen molar-refractivity contribution in [2.75, 3.05) is 19.8 Å². The fraction of sp³-hybridized carbons (Fsp3) is 0.500. The zero-order valence-electron chi connectivity index (χ0n) is 10.6. The van der Waals surface area contributed by atoms with Gasteiger partial charge in [-0.05, 0) is 12.0 Å². The molecule has 1 aromatic carbocycles. The minimum absolute atomic E-state index is 0.0353. The molecular formula is C14H20O4. The van der Waals surface area contributed by atoms with Gasteiger partial charge in [0.2, 0.25) is 0 Å². The van der Waals surface area contributed by atoms with Crippen molar-refractivity contribution in [3.63, 3.8) is 0 Å². The number of ether oxygens (including phenoxy) is 1. The van der Waals surface area contributed by atoms with E-state index in [1.165, 1.54) is 0 Å². The highest BCUT2D eigenvalue weighted by atomic mass is 16.5. The van der Waals surface area contributed by atoms with Gasteiger partial charge in [0, 0.05) is 11.8 Å². The first kappa shape index (κ1) is 14.7. The third kappa shape index (κ3) is 4.85. The Hall–Kier alpha value is -1.39. The van der Waals surface area contributed by atoms with Crippen molar-refractivity contribution in [3.8, 4) is 0 Å². The van der Waals surface area contributed by atoms with E-state index in [1.807, 2.05) is 30.3 Å². The maximum absolute atomic E-state index is 11.5. The molecule has 0 saturated heterocycles. The molecule has 0 fully saturated rings. The lowest BCUT2D eigenvalue weighted by Gasteiger charge is -2.23. The van der Waals surface area contributed by atoms with Gasteiger partial charge < -0.3 is 14.9 Å². The summed E-state index contributed by atoms with van der Waals surface area (Å²) in [6, 6.07) is 9.69. The lowest BCUT2D eigenvalue weighted by Crippen LogP contribution is -2.32. The van der Waals surface area contributed by atoms with Crippen molar-refractivity contribution < 1.29 is 19.7 Å². The van der Waals surface area contributed by atoms with Gasteiger partial charge in [0.05, 0.1) is 13.2 Å². The Kier molecular flexibility index (Phi) is 5.82. The van der Waals surface area contributed by atoms with Crippen LogP contribution in [0.1, 0.15) is 18.9 Å². The van der Waals surface area contributed by atoms with E-state index >= 15 is 0 Å². The lowest BCUT2D eigenvalue weighted by atomic mass is 9.94. The molecule has 0 unspecified atom stereocenters. The van der Waals surface area contributed by atoms with E-state index in [1.54, 1.807) is 6.92 Å². The van der Waals surface area contributed by atoms with Crippen LogP contribution in [-0.2, 0) is 16.0 Å². The smallest absolute Gasteiger partial charge is 0.306 e. The van der Waals surface area contributed by atoms with Crippen molar-refractivity contribution in [2.24, 2.45) is 5.41 Å². The van der Waals surface area contributed by atoms with Crippen LogP contribution in [0.25, 0.3) is 0 Å². The van der Waals surface area contributed by atoms with Gasteiger partial charge in [-0.15, -0.1) is 0 Å². The molecule has 0 spiro atoms. The summed E-state index contributed by atoms with van der Waals surface area (Å²) in [5.41, 5.74) is 0.323. The first-order valence-corrected chi connectivity index (χ1v) is 6.01. The molecule has 0 aliphatic rings. The quantitative estimate of drug-likeness (QED) is 0.714. The Balaban J connectivity index is 2.30. The zero-order chi connectivity index (χ0) is 13.4. The van der Waals surface area contributed by atoms with Crippen LogP contribution in [0.15, 0.2) is 30.3 Å². The van der Waals surface area contributed by atoms with Crippen LogP contribution in [0.4, 0.5) is 0 Å². The van der Waals surface area contributed by atoms with Crippen LogP contribution >= 0.6 is 0 Å². The number of benzene rings is 1. The Labute approximate surface area is 107 Å². The van der Waals surface area contributed by atoms with Crippen molar-refractivity contribution in [1.29, 1.82) is 0 Å². The number of aryl methyl sites for hydroxylation is 1. The molecule has 0 aliphatic carbocycles. The molecule has 100 valence electrons. The molecule has 0 aliphatic heterocycles. The highest BCUT2D eigenvalue weighted by Crippen LogP contribution is 2.15. The fourth-order valence-electron chi connectivity index (χ4n) is 1.36. The van der Waals surface area contributed by atoms with Crippen LogP contribution in [0, 0.1) is 5.41 Å². The summed E-state index contributed by atoms with van der Waals surface area (Å²) < 4.78 is 5.05. The Morgan fingerprint density at radius 1 is 1.22 bits per heavy atom. The molecule has 0 heterocycles. The standard InChI is InChI=1S/C14H20O4/c1-14(9-15,10-16)11-18-13(17)8-7-12-5-3-2-4-6-12/h2-6,15-16H,7-11H2,1H3. The molecule has 0 saturated carbocycles. The number of esters is 1. The van der Waals surface area contributed by atoms with Crippen LogP contribution in [0.2, 0.25) is 0 Å². The molecule has 0 amide bonds. The molecule has 0 atom stereocenters. The minimum Gasteiger partial charge on any atom is -0.465 e. The number of hydrogen-bond acceptors (Lipinski definition) is 4. The van der Waals surface area contributed by atoms with E-state index in [4.69, 9.17) is 14.9 Å². The number of carbonyl (C=O) groups is 1. The molecule has 4 heteroatoms. The van der Waals surface area contributed by atoms with Crippen LogP contribution in [0.5, 0.6) is 0 Å². The zero-order valence-corrected chi connectivity index (χ0v) is 10.6. The van der Waals surface area contributed by atoms with Crippen molar-refractivity contribution in [2.45, 2.75) is 19.8 Å². The second kappa shape index (κ2) is 7.13. The predicted molar refractivity (Wildman–Crippen MR) is 68.0 cm³/mol. The van der Waals surface area contributed by atoms with E-state index in [-0.39, 0.29) is 25.8 Å². The summed E-state index contributed by atoms with van der Waals surface area (Å²) in [6.07, 6.45) is 0.936. The summed E-state index contributed by atoms with van der Waals surface area (Å²) in [7, 11) is 0. The molecule has 1 aromatic rings. The van der Waals surface area contributed by atoms with E-state index in [9.17, 15) is 4.79 Å². The Morgan fingerprint density at radius 2 is 1.83 bits per heavy atom. The topological polar surface area (TPSA) is 66.8 Å². The van der Waals surface area contributed by atoms with E-state index in [0.717, 1.165) is 5.56 Å². The van der Waals surface area contributed by atoms with Crippen LogP contribution in [0.3, 0.4) is 0 Å². The Morgan fingerprint density at radius 3 is 2.39 bits per heavy atom. The number of rotatable bonds is 7. The molecule has 1 rings (SSSR count). The average molecular weight is 252 g/mol. The number of hydrogen-bond donors (Lipinski definition) is 2. The van der Waals surface area contributed by atoms with Crippen LogP contribution < -0.4 is 0 Å². The van der Waals surface area contributed by atoms with Gasteiger partial charge in [0.1, 0.15) is 6.61 Å². The minimum atomic E-state index is -0.762. The normalized spacial score (nSPS) is 11.3. The molecular weight excluding hydrogens is 232 g/mol. The summed E-state index contributed by atoms with van der Waals surface area (Å²) in [5.74, 6) is -0.313. The predicted octanol–water partition coefficient (Wildman–Crippen LogP) is 1.15. The van der Waals surface area contributed by atoms with Gasteiger partial charge in [0.25, 0.3) is 0 Å². The fourth-order valence-corrected chi connectivity index (χ4v) is 1.36. The largest absolute Gasteiger partial charge is 0.465 e. The van der Waals surface area contributed by atoms with Crippen molar-refractivity contribution in [3.05, 3.63) is 35.9 Å². The number of aliphatic hydroxyl groups excluding tert-OH is 2. The molecule has 0 radical (unpaired) electrons. The third-order valence-corrected chi connectivity index (χ3v) is 2.81. The van der Waals surface area contributed by atoms with Gasteiger partial charge in [-0.2, -0.15) is 0 Å². The van der Waals surface area contributed by atoms with Gasteiger partial charge in [0.15, 0.2) is 0 Å². The first-order chi connectivity index (χ1) is 8.59. The highest BCUT2D eigenvalue weighted by molar-refractivity contribution is 5.69. The number of carbonyl (C=O) groups excluding carboxylic acids is 1. The van der Waals surface area contributed by atoms with E-state index in [2.05, 4.69) is 0 Å². The summed E-state index contributed by atoms with van der Waals surface area (Å²) in [6.45, 7) is 1.27.